The summed E-state index contributed by atoms with van der Waals surface area (Å²) in [6.45, 7) is 3.33. The van der Waals surface area contributed by atoms with Crippen molar-refractivity contribution in [2.24, 2.45) is 0 Å². The topological polar surface area (TPSA) is 32.7 Å². The van der Waals surface area contributed by atoms with E-state index in [4.69, 9.17) is 4.74 Å². The lowest BCUT2D eigenvalue weighted by atomic mass is 10.0. The molecule has 1 aliphatic heterocycles. The van der Waals surface area contributed by atoms with Crippen molar-refractivity contribution in [1.82, 2.24) is 4.90 Å². The van der Waals surface area contributed by atoms with Crippen LogP contribution in [-0.2, 0) is 11.3 Å². The minimum atomic E-state index is -0.394. The summed E-state index contributed by atoms with van der Waals surface area (Å²) < 4.78 is 5.62. The van der Waals surface area contributed by atoms with Crippen LogP contribution < -0.4 is 0 Å². The number of hydrogen-bond acceptors (Lipinski definition) is 4. The maximum atomic E-state index is 10.4. The second-order valence-corrected chi connectivity index (χ2v) is 6.43. The van der Waals surface area contributed by atoms with Crippen molar-refractivity contribution in [2.45, 2.75) is 25.1 Å². The van der Waals surface area contributed by atoms with Gasteiger partial charge < -0.3 is 9.84 Å². The van der Waals surface area contributed by atoms with Crippen LogP contribution in [0.2, 0.25) is 0 Å². The number of benzene rings is 1. The fourth-order valence-corrected chi connectivity index (χ4v) is 3.51. The average Bonchev–Trinajstić information content (AvgIpc) is 3.05. The van der Waals surface area contributed by atoms with Gasteiger partial charge in [-0.15, -0.1) is 11.3 Å². The molecule has 1 aliphatic rings. The Labute approximate surface area is 129 Å². The van der Waals surface area contributed by atoms with Crippen LogP contribution in [-0.4, -0.2) is 35.8 Å². The van der Waals surface area contributed by atoms with Crippen molar-refractivity contribution in [3.8, 4) is 0 Å². The van der Waals surface area contributed by atoms with Crippen LogP contribution in [0.15, 0.2) is 47.8 Å². The van der Waals surface area contributed by atoms with Gasteiger partial charge in [-0.3, -0.25) is 4.90 Å². The fraction of sp³-hybridized carbons (Fsp3) is 0.412. The molecule has 2 unspecified atom stereocenters. The van der Waals surface area contributed by atoms with Crippen molar-refractivity contribution in [2.75, 3.05) is 19.8 Å². The minimum Gasteiger partial charge on any atom is -0.388 e. The Morgan fingerprint density at radius 1 is 1.24 bits per heavy atom. The summed E-state index contributed by atoms with van der Waals surface area (Å²) in [5, 5.41) is 12.4. The van der Waals surface area contributed by atoms with Gasteiger partial charge in [0, 0.05) is 24.0 Å². The third-order valence-electron chi connectivity index (χ3n) is 3.94. The summed E-state index contributed by atoms with van der Waals surface area (Å²) in [6, 6.07) is 14.8. The summed E-state index contributed by atoms with van der Waals surface area (Å²) in [4.78, 5) is 3.47. The zero-order valence-electron chi connectivity index (χ0n) is 12.0. The third kappa shape index (κ3) is 3.92. The largest absolute Gasteiger partial charge is 0.388 e. The number of hydrogen-bond donors (Lipinski definition) is 1. The zero-order valence-corrected chi connectivity index (χ0v) is 12.8. The van der Waals surface area contributed by atoms with E-state index in [-0.39, 0.29) is 6.04 Å². The Hall–Kier alpha value is -1.20. The van der Waals surface area contributed by atoms with Crippen molar-refractivity contribution >= 4 is 11.3 Å². The van der Waals surface area contributed by atoms with Crippen molar-refractivity contribution < 1.29 is 9.84 Å². The zero-order chi connectivity index (χ0) is 14.5. The van der Waals surface area contributed by atoms with E-state index in [2.05, 4.69) is 29.2 Å². The third-order valence-corrected chi connectivity index (χ3v) is 4.92. The molecule has 112 valence electrons. The Bertz CT molecular complexity index is 529. The second kappa shape index (κ2) is 7.18. The van der Waals surface area contributed by atoms with Crippen LogP contribution >= 0.6 is 11.3 Å². The number of ether oxygens (including phenoxy) is 1. The molecule has 2 atom stereocenters. The fourth-order valence-electron chi connectivity index (χ4n) is 2.79. The molecule has 1 aromatic carbocycles. The first kappa shape index (κ1) is 14.7. The van der Waals surface area contributed by atoms with Gasteiger partial charge in [-0.2, -0.15) is 0 Å². The normalized spacial score (nSPS) is 21.3. The number of thiophene rings is 1. The van der Waals surface area contributed by atoms with E-state index in [9.17, 15) is 5.11 Å². The minimum absolute atomic E-state index is 0.274. The van der Waals surface area contributed by atoms with Gasteiger partial charge in [-0.1, -0.05) is 36.4 Å². The van der Waals surface area contributed by atoms with Crippen LogP contribution in [0, 0.1) is 0 Å². The molecule has 4 heteroatoms. The summed E-state index contributed by atoms with van der Waals surface area (Å²) in [6.07, 6.45) is 0.336. The Morgan fingerprint density at radius 2 is 2.10 bits per heavy atom. The molecule has 1 aromatic heterocycles. The standard InChI is InChI=1S/C17H21NO2S/c19-16(17-7-4-10-21-17)11-15-13-20-9-8-18(15)12-14-5-2-1-3-6-14/h1-7,10,15-16,19H,8-9,11-13H2. The maximum absolute atomic E-state index is 10.4. The lowest BCUT2D eigenvalue weighted by Crippen LogP contribution is -2.45. The van der Waals surface area contributed by atoms with Gasteiger partial charge in [0.1, 0.15) is 0 Å². The van der Waals surface area contributed by atoms with Crippen LogP contribution in [0.3, 0.4) is 0 Å². The summed E-state index contributed by atoms with van der Waals surface area (Å²) in [7, 11) is 0. The van der Waals surface area contributed by atoms with E-state index in [1.54, 1.807) is 11.3 Å². The molecule has 1 fully saturated rings. The van der Waals surface area contributed by atoms with Crippen LogP contribution in [0.5, 0.6) is 0 Å². The van der Waals surface area contributed by atoms with Gasteiger partial charge in [0.15, 0.2) is 0 Å². The lowest BCUT2D eigenvalue weighted by molar-refractivity contribution is -0.0296. The summed E-state index contributed by atoms with van der Waals surface area (Å²) in [5.74, 6) is 0. The number of rotatable bonds is 5. The molecule has 21 heavy (non-hydrogen) atoms. The van der Waals surface area contributed by atoms with Crippen molar-refractivity contribution in [3.05, 3.63) is 58.3 Å². The summed E-state index contributed by atoms with van der Waals surface area (Å²) >= 11 is 1.62. The van der Waals surface area contributed by atoms with Crippen molar-refractivity contribution in [3.63, 3.8) is 0 Å². The van der Waals surface area contributed by atoms with Gasteiger partial charge >= 0.3 is 0 Å². The predicted molar refractivity (Wildman–Crippen MR) is 85.4 cm³/mol. The van der Waals surface area contributed by atoms with Gasteiger partial charge in [-0.05, 0) is 23.4 Å². The SMILES string of the molecule is OC(CC1COCCN1Cc1ccccc1)c1cccs1. The Kier molecular flexibility index (Phi) is 5.04. The molecule has 1 N–H and O–H groups in total. The highest BCUT2D eigenvalue weighted by molar-refractivity contribution is 7.10. The molecule has 0 amide bonds. The molecule has 0 spiro atoms. The number of aliphatic hydroxyl groups is 1. The first-order chi connectivity index (χ1) is 10.3. The molecule has 0 saturated carbocycles. The predicted octanol–water partition coefficient (Wildman–Crippen LogP) is 3.07. The molecular formula is C17H21NO2S. The quantitative estimate of drug-likeness (QED) is 0.921. The van der Waals surface area contributed by atoms with Crippen LogP contribution in [0.25, 0.3) is 0 Å². The Balaban J connectivity index is 1.64. The first-order valence-electron chi connectivity index (χ1n) is 7.40. The summed E-state index contributed by atoms with van der Waals surface area (Å²) in [5.41, 5.74) is 1.31. The molecular weight excluding hydrogens is 282 g/mol. The molecule has 0 radical (unpaired) electrons. The van der Waals surface area contributed by atoms with Crippen LogP contribution in [0.4, 0.5) is 0 Å². The molecule has 3 rings (SSSR count). The highest BCUT2D eigenvalue weighted by Crippen LogP contribution is 2.26. The smallest absolute Gasteiger partial charge is 0.0897 e. The van der Waals surface area contributed by atoms with Gasteiger partial charge in [-0.25, -0.2) is 0 Å². The average molecular weight is 303 g/mol. The molecule has 2 aromatic rings. The van der Waals surface area contributed by atoms with E-state index in [0.29, 0.717) is 6.61 Å². The number of aliphatic hydroxyl groups excluding tert-OH is 1. The number of morpholine rings is 1. The van der Waals surface area contributed by atoms with E-state index in [1.165, 1.54) is 5.56 Å². The highest BCUT2D eigenvalue weighted by atomic mass is 32.1. The molecule has 0 bridgehead atoms. The lowest BCUT2D eigenvalue weighted by Gasteiger charge is -2.36. The Morgan fingerprint density at radius 3 is 2.86 bits per heavy atom. The molecule has 1 saturated heterocycles. The van der Waals surface area contributed by atoms with Crippen LogP contribution in [0.1, 0.15) is 23.0 Å². The second-order valence-electron chi connectivity index (χ2n) is 5.45. The van der Waals surface area contributed by atoms with E-state index in [0.717, 1.165) is 31.0 Å². The first-order valence-corrected chi connectivity index (χ1v) is 8.28. The molecule has 2 heterocycles. The number of nitrogens with zero attached hydrogens (tertiary/aromatic N) is 1. The monoisotopic (exact) mass is 303 g/mol. The van der Waals surface area contributed by atoms with Gasteiger partial charge in [0.25, 0.3) is 0 Å². The maximum Gasteiger partial charge on any atom is 0.0897 e. The highest BCUT2D eigenvalue weighted by Gasteiger charge is 2.26. The van der Waals surface area contributed by atoms with Gasteiger partial charge in [0.05, 0.1) is 19.3 Å². The van der Waals surface area contributed by atoms with Gasteiger partial charge in [0.2, 0.25) is 0 Å². The molecule has 3 nitrogen and oxygen atoms in total. The van der Waals surface area contributed by atoms with E-state index >= 15 is 0 Å². The van der Waals surface area contributed by atoms with E-state index < -0.39 is 6.10 Å². The molecule has 0 aliphatic carbocycles. The van der Waals surface area contributed by atoms with E-state index in [1.807, 2.05) is 23.6 Å². The van der Waals surface area contributed by atoms with Crippen molar-refractivity contribution in [1.29, 1.82) is 0 Å².